The van der Waals surface area contributed by atoms with Crippen LogP contribution in [0.4, 0.5) is 9.52 Å². The van der Waals surface area contributed by atoms with E-state index >= 15 is 0 Å². The number of hydrogen-bond acceptors (Lipinski definition) is 3. The zero-order valence-corrected chi connectivity index (χ0v) is 13.8. The second kappa shape index (κ2) is 7.66. The molecule has 1 aliphatic rings. The number of thiazole rings is 1. The fourth-order valence-electron chi connectivity index (χ4n) is 2.87. The lowest BCUT2D eigenvalue weighted by Gasteiger charge is -2.22. The molecule has 0 aliphatic carbocycles. The summed E-state index contributed by atoms with van der Waals surface area (Å²) in [6, 6.07) is 6.46. The molecule has 1 aliphatic heterocycles. The van der Waals surface area contributed by atoms with E-state index in [1.54, 1.807) is 18.3 Å². The van der Waals surface area contributed by atoms with Crippen LogP contribution < -0.4 is 10.2 Å². The molecule has 23 heavy (non-hydrogen) atoms. The van der Waals surface area contributed by atoms with Crippen LogP contribution in [0.2, 0.25) is 0 Å². The summed E-state index contributed by atoms with van der Waals surface area (Å²) in [6.45, 7) is 2.69. The third-order valence-corrected chi connectivity index (χ3v) is 4.98. The van der Waals surface area contributed by atoms with Crippen LogP contribution in [0.15, 0.2) is 30.5 Å². The Balaban J connectivity index is 1.52. The standard InChI is InChI=1S/C17H20FN3OS/c18-14-6-4-13(5-7-14)10-15-11-19-17(23-15)20-16(22)12-21-8-2-1-3-9-21/h4-7,11H,1-3,8-10,12H2,(H,19,20,22)/p+1. The molecule has 0 bridgehead atoms. The third-order valence-electron chi connectivity index (χ3n) is 4.06. The average molecular weight is 334 g/mol. The molecule has 1 fully saturated rings. The van der Waals surface area contributed by atoms with Crippen molar-refractivity contribution >= 4 is 22.4 Å². The zero-order chi connectivity index (χ0) is 16.1. The molecular formula is C17H21FN3OS+. The number of halogens is 1. The molecule has 0 saturated carbocycles. The predicted octanol–water partition coefficient (Wildman–Crippen LogP) is 1.88. The molecule has 2 heterocycles. The quantitative estimate of drug-likeness (QED) is 0.877. The maximum atomic E-state index is 12.9. The Labute approximate surface area is 139 Å². The second-order valence-electron chi connectivity index (χ2n) is 5.97. The summed E-state index contributed by atoms with van der Waals surface area (Å²) < 4.78 is 12.9. The van der Waals surface area contributed by atoms with E-state index < -0.39 is 0 Å². The molecule has 6 heteroatoms. The van der Waals surface area contributed by atoms with Crippen LogP contribution >= 0.6 is 11.3 Å². The van der Waals surface area contributed by atoms with Gasteiger partial charge in [0.05, 0.1) is 13.1 Å². The number of benzene rings is 1. The van der Waals surface area contributed by atoms with Crippen LogP contribution in [0.5, 0.6) is 0 Å². The van der Waals surface area contributed by atoms with Crippen LogP contribution in [0.25, 0.3) is 0 Å². The first-order valence-electron chi connectivity index (χ1n) is 8.01. The number of piperidine rings is 1. The van der Waals surface area contributed by atoms with E-state index in [0.717, 1.165) is 23.5 Å². The smallest absolute Gasteiger partial charge is 0.281 e. The van der Waals surface area contributed by atoms with E-state index in [9.17, 15) is 9.18 Å². The maximum absolute atomic E-state index is 12.9. The van der Waals surface area contributed by atoms with E-state index in [0.29, 0.717) is 18.1 Å². The predicted molar refractivity (Wildman–Crippen MR) is 89.4 cm³/mol. The minimum absolute atomic E-state index is 0.0320. The van der Waals surface area contributed by atoms with E-state index in [1.165, 1.54) is 47.6 Å². The summed E-state index contributed by atoms with van der Waals surface area (Å²) in [7, 11) is 0. The molecule has 122 valence electrons. The number of nitrogens with zero attached hydrogens (tertiary/aromatic N) is 1. The number of carbonyl (C=O) groups is 1. The number of likely N-dealkylation sites (tertiary alicyclic amines) is 1. The maximum Gasteiger partial charge on any atom is 0.281 e. The van der Waals surface area contributed by atoms with Gasteiger partial charge in [-0.3, -0.25) is 10.1 Å². The Bertz CT molecular complexity index is 650. The van der Waals surface area contributed by atoms with E-state index in [2.05, 4.69) is 10.3 Å². The summed E-state index contributed by atoms with van der Waals surface area (Å²) in [4.78, 5) is 18.8. The molecule has 0 unspecified atom stereocenters. The number of nitrogens with one attached hydrogen (secondary N) is 2. The number of quaternary nitrogens is 1. The topological polar surface area (TPSA) is 46.4 Å². The zero-order valence-electron chi connectivity index (χ0n) is 13.0. The number of aromatic nitrogens is 1. The van der Waals surface area contributed by atoms with Crippen LogP contribution in [0, 0.1) is 5.82 Å². The first kappa shape index (κ1) is 16.1. The van der Waals surface area contributed by atoms with Crippen molar-refractivity contribution in [2.75, 3.05) is 25.0 Å². The van der Waals surface area contributed by atoms with Gasteiger partial charge in [0, 0.05) is 17.5 Å². The Kier molecular flexibility index (Phi) is 5.35. The summed E-state index contributed by atoms with van der Waals surface area (Å²) in [5.74, 6) is -0.198. The molecule has 1 aromatic carbocycles. The number of rotatable bonds is 5. The SMILES string of the molecule is O=C(C[NH+]1CCCCC1)Nc1ncc(Cc2ccc(F)cc2)s1. The van der Waals surface area contributed by atoms with Gasteiger partial charge in [0.15, 0.2) is 11.7 Å². The van der Waals surface area contributed by atoms with Gasteiger partial charge < -0.3 is 4.90 Å². The molecule has 1 saturated heterocycles. The molecule has 4 nitrogen and oxygen atoms in total. The van der Waals surface area contributed by atoms with E-state index in [1.807, 2.05) is 0 Å². The van der Waals surface area contributed by atoms with Gasteiger partial charge in [0.1, 0.15) is 5.82 Å². The molecular weight excluding hydrogens is 313 g/mol. The lowest BCUT2D eigenvalue weighted by molar-refractivity contribution is -0.896. The Hall–Kier alpha value is -1.79. The van der Waals surface area contributed by atoms with Crippen molar-refractivity contribution in [3.8, 4) is 0 Å². The van der Waals surface area contributed by atoms with Crippen molar-refractivity contribution in [3.05, 3.63) is 46.7 Å². The summed E-state index contributed by atoms with van der Waals surface area (Å²) in [5.41, 5.74) is 1.03. The molecule has 1 aromatic heterocycles. The van der Waals surface area contributed by atoms with Crippen LogP contribution in [0.1, 0.15) is 29.7 Å². The van der Waals surface area contributed by atoms with Gasteiger partial charge in [-0.05, 0) is 37.0 Å². The number of carbonyl (C=O) groups excluding carboxylic acids is 1. The highest BCUT2D eigenvalue weighted by molar-refractivity contribution is 7.15. The number of anilines is 1. The number of hydrogen-bond donors (Lipinski definition) is 2. The van der Waals surface area contributed by atoms with E-state index in [4.69, 9.17) is 0 Å². The first-order valence-corrected chi connectivity index (χ1v) is 8.83. The highest BCUT2D eigenvalue weighted by atomic mass is 32.1. The van der Waals surface area contributed by atoms with Crippen LogP contribution in [-0.2, 0) is 11.2 Å². The lowest BCUT2D eigenvalue weighted by Crippen LogP contribution is -3.13. The lowest BCUT2D eigenvalue weighted by atomic mass is 10.1. The van der Waals surface area contributed by atoms with Crippen molar-refractivity contribution in [2.45, 2.75) is 25.7 Å². The molecule has 2 aromatic rings. The van der Waals surface area contributed by atoms with Gasteiger partial charge in [-0.1, -0.05) is 12.1 Å². The van der Waals surface area contributed by atoms with Gasteiger partial charge >= 0.3 is 0 Å². The van der Waals surface area contributed by atoms with Gasteiger partial charge in [-0.15, -0.1) is 11.3 Å². The molecule has 2 N–H and O–H groups in total. The van der Waals surface area contributed by atoms with E-state index in [-0.39, 0.29) is 11.7 Å². The molecule has 1 amide bonds. The molecule has 0 atom stereocenters. The van der Waals surface area contributed by atoms with Gasteiger partial charge in [0.2, 0.25) is 0 Å². The monoisotopic (exact) mass is 334 g/mol. The van der Waals surface area contributed by atoms with Crippen molar-refractivity contribution in [1.82, 2.24) is 4.98 Å². The van der Waals surface area contributed by atoms with Crippen molar-refractivity contribution in [2.24, 2.45) is 0 Å². The van der Waals surface area contributed by atoms with Crippen molar-refractivity contribution in [3.63, 3.8) is 0 Å². The minimum Gasteiger partial charge on any atom is -0.327 e. The van der Waals surface area contributed by atoms with Crippen molar-refractivity contribution < 1.29 is 14.1 Å². The Morgan fingerprint density at radius 3 is 2.70 bits per heavy atom. The first-order chi connectivity index (χ1) is 11.2. The van der Waals surface area contributed by atoms with Gasteiger partial charge in [-0.25, -0.2) is 9.37 Å². The molecule has 3 rings (SSSR count). The highest BCUT2D eigenvalue weighted by Crippen LogP contribution is 2.21. The largest absolute Gasteiger partial charge is 0.327 e. The number of amides is 1. The Morgan fingerprint density at radius 2 is 1.96 bits per heavy atom. The Morgan fingerprint density at radius 1 is 1.22 bits per heavy atom. The van der Waals surface area contributed by atoms with Crippen molar-refractivity contribution in [1.29, 1.82) is 0 Å². The summed E-state index contributed by atoms with van der Waals surface area (Å²) in [6.07, 6.45) is 6.18. The molecule has 0 radical (unpaired) electrons. The third kappa shape index (κ3) is 4.84. The fourth-order valence-corrected chi connectivity index (χ4v) is 3.73. The van der Waals surface area contributed by atoms with Crippen LogP contribution in [0.3, 0.4) is 0 Å². The van der Waals surface area contributed by atoms with Gasteiger partial charge in [0.25, 0.3) is 5.91 Å². The van der Waals surface area contributed by atoms with Gasteiger partial charge in [-0.2, -0.15) is 0 Å². The average Bonchev–Trinajstić information content (AvgIpc) is 2.97. The second-order valence-corrected chi connectivity index (χ2v) is 7.09. The fraction of sp³-hybridized carbons (Fsp3) is 0.412. The summed E-state index contributed by atoms with van der Waals surface area (Å²) in [5, 5.41) is 3.53. The highest BCUT2D eigenvalue weighted by Gasteiger charge is 2.18. The summed E-state index contributed by atoms with van der Waals surface area (Å²) >= 11 is 1.48. The molecule has 0 spiro atoms. The minimum atomic E-state index is -0.230. The van der Waals surface area contributed by atoms with Crippen LogP contribution in [-0.4, -0.2) is 30.5 Å². The normalized spacial score (nSPS) is 15.5.